The van der Waals surface area contributed by atoms with Crippen LogP contribution in [0, 0.1) is 6.92 Å². The van der Waals surface area contributed by atoms with Crippen molar-refractivity contribution in [1.29, 1.82) is 0 Å². The Hall–Kier alpha value is -3.32. The van der Waals surface area contributed by atoms with Gasteiger partial charge in [0, 0.05) is 6.07 Å². The lowest BCUT2D eigenvalue weighted by Gasteiger charge is -2.04. The third-order valence-corrected chi connectivity index (χ3v) is 4.50. The van der Waals surface area contributed by atoms with E-state index < -0.39 is 5.97 Å². The van der Waals surface area contributed by atoms with Crippen LogP contribution in [0.3, 0.4) is 0 Å². The smallest absolute Gasteiger partial charge is 0.343 e. The van der Waals surface area contributed by atoms with E-state index in [0.717, 1.165) is 5.56 Å². The molecule has 0 aliphatic carbocycles. The van der Waals surface area contributed by atoms with E-state index in [0.29, 0.717) is 29.5 Å². The van der Waals surface area contributed by atoms with Crippen LogP contribution in [0.15, 0.2) is 63.7 Å². The van der Waals surface area contributed by atoms with Crippen molar-refractivity contribution in [2.75, 3.05) is 0 Å². The molecule has 0 atom stereocenters. The number of benzene rings is 1. The Morgan fingerprint density at radius 1 is 1.18 bits per heavy atom. The van der Waals surface area contributed by atoms with Crippen molar-refractivity contribution in [3.8, 4) is 11.5 Å². The van der Waals surface area contributed by atoms with E-state index in [-0.39, 0.29) is 17.3 Å². The Morgan fingerprint density at radius 2 is 2.00 bits per heavy atom. The molecule has 142 valence electrons. The lowest BCUT2D eigenvalue weighted by atomic mass is 10.2. The Labute approximate surface area is 165 Å². The van der Waals surface area contributed by atoms with Gasteiger partial charge in [-0.25, -0.2) is 9.48 Å². The van der Waals surface area contributed by atoms with Crippen molar-refractivity contribution in [3.05, 3.63) is 82.5 Å². The maximum Gasteiger partial charge on any atom is 0.343 e. The van der Waals surface area contributed by atoms with Gasteiger partial charge in [0.2, 0.25) is 5.76 Å². The molecular formula is C20H16ClN3O4. The molecule has 0 bridgehead atoms. The molecular weight excluding hydrogens is 382 g/mol. The number of hydrogen-bond donors (Lipinski definition) is 0. The molecule has 0 unspecified atom stereocenters. The molecule has 0 N–H and O–H groups in total. The minimum Gasteiger partial charge on any atom is -0.461 e. The summed E-state index contributed by atoms with van der Waals surface area (Å²) in [6, 6.07) is 14.9. The first-order chi connectivity index (χ1) is 13.6. The van der Waals surface area contributed by atoms with Crippen LogP contribution in [0.1, 0.15) is 27.3 Å². The van der Waals surface area contributed by atoms with E-state index in [4.69, 9.17) is 25.3 Å². The molecule has 28 heavy (non-hydrogen) atoms. The number of carbonyl (C=O) groups is 1. The largest absolute Gasteiger partial charge is 0.461 e. The number of rotatable bonds is 6. The van der Waals surface area contributed by atoms with E-state index in [1.807, 2.05) is 30.3 Å². The molecule has 4 rings (SSSR count). The molecule has 4 aromatic rings. The Balaban J connectivity index is 1.45. The van der Waals surface area contributed by atoms with Crippen molar-refractivity contribution >= 4 is 17.6 Å². The Bertz CT molecular complexity index is 1080. The van der Waals surface area contributed by atoms with Gasteiger partial charge in [-0.2, -0.15) is 5.10 Å². The zero-order valence-corrected chi connectivity index (χ0v) is 15.7. The molecule has 7 nitrogen and oxygen atoms in total. The van der Waals surface area contributed by atoms with Crippen molar-refractivity contribution in [3.63, 3.8) is 0 Å². The minimum atomic E-state index is -0.565. The summed E-state index contributed by atoms with van der Waals surface area (Å²) < 4.78 is 17.3. The molecule has 3 aromatic heterocycles. The van der Waals surface area contributed by atoms with Crippen LogP contribution >= 0.6 is 11.6 Å². The molecule has 0 aliphatic heterocycles. The summed E-state index contributed by atoms with van der Waals surface area (Å²) in [6.45, 7) is 2.13. The zero-order chi connectivity index (χ0) is 19.5. The van der Waals surface area contributed by atoms with Gasteiger partial charge < -0.3 is 13.7 Å². The van der Waals surface area contributed by atoms with Crippen LogP contribution in [0.4, 0.5) is 0 Å². The maximum absolute atomic E-state index is 12.5. The number of ether oxygens (including phenoxy) is 1. The molecule has 0 radical (unpaired) electrons. The highest BCUT2D eigenvalue weighted by atomic mass is 35.5. The first-order valence-electron chi connectivity index (χ1n) is 8.55. The highest BCUT2D eigenvalue weighted by Gasteiger charge is 2.22. The summed E-state index contributed by atoms with van der Waals surface area (Å²) in [5.74, 6) is 0.441. The average Bonchev–Trinajstić information content (AvgIpc) is 3.42. The van der Waals surface area contributed by atoms with E-state index >= 15 is 0 Å². The molecule has 0 spiro atoms. The standard InChI is InChI=1S/C20H16ClN3O4/c1-13-18(19(21)24(22-13)11-14-6-3-2-4-7-14)20(25)27-12-15-10-17(28-23-15)16-8-5-9-26-16/h2-10H,11-12H2,1H3. The van der Waals surface area contributed by atoms with E-state index in [1.165, 1.54) is 6.26 Å². The van der Waals surface area contributed by atoms with Crippen LogP contribution in [0.2, 0.25) is 5.15 Å². The summed E-state index contributed by atoms with van der Waals surface area (Å²) >= 11 is 6.38. The molecule has 0 amide bonds. The van der Waals surface area contributed by atoms with Crippen molar-refractivity contribution in [2.45, 2.75) is 20.1 Å². The van der Waals surface area contributed by atoms with Crippen LogP contribution in [-0.4, -0.2) is 20.9 Å². The summed E-state index contributed by atoms with van der Waals surface area (Å²) in [6.07, 6.45) is 1.54. The van der Waals surface area contributed by atoms with Crippen LogP contribution in [-0.2, 0) is 17.9 Å². The number of hydrogen-bond acceptors (Lipinski definition) is 6. The number of esters is 1. The fraction of sp³-hybridized carbons (Fsp3) is 0.150. The van der Waals surface area contributed by atoms with Gasteiger partial charge in [-0.05, 0) is 24.6 Å². The van der Waals surface area contributed by atoms with Crippen molar-refractivity contribution < 1.29 is 18.5 Å². The first-order valence-corrected chi connectivity index (χ1v) is 8.93. The quantitative estimate of drug-likeness (QED) is 0.445. The van der Waals surface area contributed by atoms with E-state index in [1.54, 1.807) is 29.8 Å². The number of aryl methyl sites for hydroxylation is 1. The second-order valence-corrected chi connectivity index (χ2v) is 6.49. The first kappa shape index (κ1) is 18.1. The molecule has 3 heterocycles. The summed E-state index contributed by atoms with van der Waals surface area (Å²) in [4.78, 5) is 12.5. The lowest BCUT2D eigenvalue weighted by Crippen LogP contribution is -2.07. The minimum absolute atomic E-state index is 0.0529. The second kappa shape index (κ2) is 7.74. The molecule has 0 aliphatic rings. The number of furan rings is 1. The van der Waals surface area contributed by atoms with Gasteiger partial charge in [0.05, 0.1) is 18.5 Å². The molecule has 0 saturated heterocycles. The fourth-order valence-electron chi connectivity index (χ4n) is 2.77. The SMILES string of the molecule is Cc1nn(Cc2ccccc2)c(Cl)c1C(=O)OCc1cc(-c2ccco2)on1. The monoisotopic (exact) mass is 397 g/mol. The second-order valence-electron chi connectivity index (χ2n) is 6.13. The van der Waals surface area contributed by atoms with Crippen LogP contribution in [0.5, 0.6) is 0 Å². The zero-order valence-electron chi connectivity index (χ0n) is 15.0. The van der Waals surface area contributed by atoms with E-state index in [2.05, 4.69) is 10.3 Å². The maximum atomic E-state index is 12.5. The van der Waals surface area contributed by atoms with Crippen LogP contribution < -0.4 is 0 Å². The molecule has 0 fully saturated rings. The Morgan fingerprint density at radius 3 is 2.75 bits per heavy atom. The number of carbonyl (C=O) groups excluding carboxylic acids is 1. The highest BCUT2D eigenvalue weighted by Crippen LogP contribution is 2.24. The van der Waals surface area contributed by atoms with Gasteiger partial charge in [-0.15, -0.1) is 0 Å². The Kier molecular flexibility index (Phi) is 4.99. The molecule has 8 heteroatoms. The van der Waals surface area contributed by atoms with Gasteiger partial charge in [0.1, 0.15) is 23.0 Å². The van der Waals surface area contributed by atoms with Gasteiger partial charge in [0.15, 0.2) is 5.76 Å². The molecule has 1 aromatic carbocycles. The summed E-state index contributed by atoms with van der Waals surface area (Å²) in [5.41, 5.74) is 2.24. The van der Waals surface area contributed by atoms with Gasteiger partial charge in [-0.3, -0.25) is 0 Å². The lowest BCUT2D eigenvalue weighted by molar-refractivity contribution is 0.0463. The normalized spacial score (nSPS) is 10.9. The average molecular weight is 398 g/mol. The number of aromatic nitrogens is 3. The predicted molar refractivity (Wildman–Crippen MR) is 101 cm³/mol. The summed E-state index contributed by atoms with van der Waals surface area (Å²) in [7, 11) is 0. The molecule has 0 saturated carbocycles. The van der Waals surface area contributed by atoms with Gasteiger partial charge in [0.25, 0.3) is 0 Å². The number of halogens is 1. The fourth-order valence-corrected chi connectivity index (χ4v) is 3.08. The van der Waals surface area contributed by atoms with Crippen molar-refractivity contribution in [1.82, 2.24) is 14.9 Å². The highest BCUT2D eigenvalue weighted by molar-refractivity contribution is 6.32. The third-order valence-electron chi connectivity index (χ3n) is 4.12. The van der Waals surface area contributed by atoms with Gasteiger partial charge in [-0.1, -0.05) is 47.1 Å². The predicted octanol–water partition coefficient (Wildman–Crippen LogP) is 4.50. The van der Waals surface area contributed by atoms with E-state index in [9.17, 15) is 4.79 Å². The number of nitrogens with zero attached hydrogens (tertiary/aromatic N) is 3. The third kappa shape index (κ3) is 3.70. The topological polar surface area (TPSA) is 83.3 Å². The van der Waals surface area contributed by atoms with Gasteiger partial charge >= 0.3 is 5.97 Å². The van der Waals surface area contributed by atoms with Crippen molar-refractivity contribution in [2.24, 2.45) is 0 Å². The summed E-state index contributed by atoms with van der Waals surface area (Å²) in [5, 5.41) is 8.47. The van der Waals surface area contributed by atoms with Crippen LogP contribution in [0.25, 0.3) is 11.5 Å².